The van der Waals surface area contributed by atoms with Gasteiger partial charge in [0.25, 0.3) is 0 Å². The summed E-state index contributed by atoms with van der Waals surface area (Å²) in [6.07, 6.45) is 1.02. The van der Waals surface area contributed by atoms with Gasteiger partial charge in [-0.25, -0.2) is 4.98 Å². The molecule has 0 saturated heterocycles. The van der Waals surface area contributed by atoms with Gasteiger partial charge in [0.1, 0.15) is 0 Å². The minimum atomic E-state index is 0.675. The van der Waals surface area contributed by atoms with E-state index < -0.39 is 0 Å². The molecule has 0 saturated carbocycles. The molecule has 0 amide bonds. The van der Waals surface area contributed by atoms with Crippen LogP contribution in [0.5, 0.6) is 0 Å². The highest BCUT2D eigenvalue weighted by Gasteiger charge is 2.03. The minimum Gasteiger partial charge on any atom is -0.375 e. The summed E-state index contributed by atoms with van der Waals surface area (Å²) in [5.74, 6) is 0. The fourth-order valence-electron chi connectivity index (χ4n) is 0.921. The first-order chi connectivity index (χ1) is 5.24. The van der Waals surface area contributed by atoms with Crippen LogP contribution >= 0.6 is 11.3 Å². The van der Waals surface area contributed by atoms with Crippen LogP contribution in [-0.2, 0) is 6.42 Å². The smallest absolute Gasteiger partial charge is 0.180 e. The lowest BCUT2D eigenvalue weighted by atomic mass is 10.3. The molecular weight excluding hydrogens is 158 g/mol. The number of likely N-dealkylation sites (N-methyl/N-ethyl adjacent to an activating group) is 1. The van der Waals surface area contributed by atoms with Gasteiger partial charge in [-0.3, -0.25) is 0 Å². The van der Waals surface area contributed by atoms with Gasteiger partial charge < -0.3 is 11.1 Å². The van der Waals surface area contributed by atoms with Gasteiger partial charge in [-0.15, -0.1) is 11.3 Å². The molecular formula is C7H13N3S. The maximum Gasteiger partial charge on any atom is 0.180 e. The van der Waals surface area contributed by atoms with E-state index in [4.69, 9.17) is 5.73 Å². The molecule has 3 nitrogen and oxygen atoms in total. The predicted octanol–water partition coefficient (Wildman–Crippen LogP) is 0.796. The van der Waals surface area contributed by atoms with E-state index in [2.05, 4.69) is 10.3 Å². The molecule has 0 bridgehead atoms. The van der Waals surface area contributed by atoms with E-state index in [0.717, 1.165) is 18.7 Å². The fraction of sp³-hybridized carbons (Fsp3) is 0.571. The van der Waals surface area contributed by atoms with Crippen LogP contribution in [0.25, 0.3) is 0 Å². The summed E-state index contributed by atoms with van der Waals surface area (Å²) in [5, 5.41) is 3.77. The molecule has 0 spiro atoms. The number of nitrogens with zero attached hydrogens (tertiary/aromatic N) is 1. The first-order valence-electron chi connectivity index (χ1n) is 3.60. The Labute approximate surface area is 70.6 Å². The van der Waals surface area contributed by atoms with Crippen LogP contribution in [0.3, 0.4) is 0 Å². The molecule has 0 aromatic carbocycles. The number of anilines is 1. The lowest BCUT2D eigenvalue weighted by molar-refractivity contribution is 0.795. The van der Waals surface area contributed by atoms with Gasteiger partial charge in [0, 0.05) is 4.88 Å². The van der Waals surface area contributed by atoms with E-state index in [1.165, 1.54) is 4.88 Å². The number of nitrogens with one attached hydrogen (secondary N) is 1. The Morgan fingerprint density at radius 3 is 2.82 bits per heavy atom. The number of nitrogen functional groups attached to an aromatic ring is 1. The monoisotopic (exact) mass is 171 g/mol. The fourth-order valence-corrected chi connectivity index (χ4v) is 1.75. The number of nitrogens with two attached hydrogens (primary N) is 1. The Balaban J connectivity index is 2.62. The minimum absolute atomic E-state index is 0.675. The summed E-state index contributed by atoms with van der Waals surface area (Å²) in [7, 11) is 1.94. The second-order valence-corrected chi connectivity index (χ2v) is 3.53. The van der Waals surface area contributed by atoms with Gasteiger partial charge >= 0.3 is 0 Å². The molecule has 1 rings (SSSR count). The lowest BCUT2D eigenvalue weighted by Crippen LogP contribution is -2.09. The Bertz CT molecular complexity index is 232. The van der Waals surface area contributed by atoms with E-state index in [9.17, 15) is 0 Å². The van der Waals surface area contributed by atoms with Crippen LogP contribution < -0.4 is 11.1 Å². The summed E-state index contributed by atoms with van der Waals surface area (Å²) >= 11 is 1.58. The third kappa shape index (κ3) is 2.17. The summed E-state index contributed by atoms with van der Waals surface area (Å²) in [5.41, 5.74) is 6.61. The average Bonchev–Trinajstić information content (AvgIpc) is 2.26. The van der Waals surface area contributed by atoms with E-state index in [0.29, 0.717) is 5.13 Å². The zero-order valence-electron chi connectivity index (χ0n) is 6.85. The zero-order chi connectivity index (χ0) is 8.27. The summed E-state index contributed by atoms with van der Waals surface area (Å²) in [6.45, 7) is 2.99. The van der Waals surface area contributed by atoms with E-state index >= 15 is 0 Å². The molecule has 0 atom stereocenters. The van der Waals surface area contributed by atoms with Gasteiger partial charge in [0.05, 0.1) is 5.69 Å². The van der Waals surface area contributed by atoms with Gasteiger partial charge in [-0.1, -0.05) is 0 Å². The lowest BCUT2D eigenvalue weighted by Gasteiger charge is -1.95. The number of aryl methyl sites for hydroxylation is 1. The van der Waals surface area contributed by atoms with Crippen molar-refractivity contribution in [3.8, 4) is 0 Å². The molecule has 0 radical (unpaired) electrons. The van der Waals surface area contributed by atoms with Crippen LogP contribution in [0.15, 0.2) is 0 Å². The molecule has 0 aliphatic rings. The standard InChI is InChI=1S/C7H13N3S/c1-5-6(3-4-9-2)11-7(8)10-5/h9H,3-4H2,1-2H3,(H2,8,10). The average molecular weight is 171 g/mol. The Morgan fingerprint density at radius 2 is 2.36 bits per heavy atom. The SMILES string of the molecule is CNCCc1sc(N)nc1C. The molecule has 0 aliphatic heterocycles. The van der Waals surface area contributed by atoms with Crippen LogP contribution in [0.1, 0.15) is 10.6 Å². The predicted molar refractivity (Wildman–Crippen MR) is 48.9 cm³/mol. The number of rotatable bonds is 3. The van der Waals surface area contributed by atoms with Gasteiger partial charge in [-0.05, 0) is 26.9 Å². The van der Waals surface area contributed by atoms with Gasteiger partial charge in [0.2, 0.25) is 0 Å². The molecule has 1 aromatic heterocycles. The van der Waals surface area contributed by atoms with Crippen LogP contribution in [0, 0.1) is 6.92 Å². The third-order valence-electron chi connectivity index (χ3n) is 1.51. The largest absolute Gasteiger partial charge is 0.375 e. The van der Waals surface area contributed by atoms with Crippen LogP contribution in [-0.4, -0.2) is 18.6 Å². The number of aromatic nitrogens is 1. The van der Waals surface area contributed by atoms with Crippen molar-refractivity contribution in [1.82, 2.24) is 10.3 Å². The number of thiazole rings is 1. The molecule has 1 heterocycles. The quantitative estimate of drug-likeness (QED) is 0.707. The highest BCUT2D eigenvalue weighted by Crippen LogP contribution is 2.19. The molecule has 3 N–H and O–H groups in total. The van der Waals surface area contributed by atoms with Crippen molar-refractivity contribution < 1.29 is 0 Å². The third-order valence-corrected chi connectivity index (χ3v) is 2.56. The summed E-state index contributed by atoms with van der Waals surface area (Å²) in [6, 6.07) is 0. The number of hydrogen-bond donors (Lipinski definition) is 2. The molecule has 62 valence electrons. The van der Waals surface area contributed by atoms with Crippen molar-refractivity contribution in [1.29, 1.82) is 0 Å². The van der Waals surface area contributed by atoms with Crippen molar-refractivity contribution in [3.05, 3.63) is 10.6 Å². The van der Waals surface area contributed by atoms with E-state index in [1.807, 2.05) is 14.0 Å². The molecule has 0 fully saturated rings. The van der Waals surface area contributed by atoms with Crippen molar-refractivity contribution in [3.63, 3.8) is 0 Å². The zero-order valence-corrected chi connectivity index (χ0v) is 7.66. The van der Waals surface area contributed by atoms with Crippen molar-refractivity contribution >= 4 is 16.5 Å². The molecule has 1 aromatic rings. The maximum atomic E-state index is 5.54. The molecule has 4 heteroatoms. The Morgan fingerprint density at radius 1 is 1.64 bits per heavy atom. The van der Waals surface area contributed by atoms with Crippen molar-refractivity contribution in [2.75, 3.05) is 19.3 Å². The van der Waals surface area contributed by atoms with Gasteiger partial charge in [0.15, 0.2) is 5.13 Å². The van der Waals surface area contributed by atoms with Crippen molar-refractivity contribution in [2.45, 2.75) is 13.3 Å². The normalized spacial score (nSPS) is 10.4. The highest BCUT2D eigenvalue weighted by atomic mass is 32.1. The van der Waals surface area contributed by atoms with E-state index in [-0.39, 0.29) is 0 Å². The summed E-state index contributed by atoms with van der Waals surface area (Å²) in [4.78, 5) is 5.42. The van der Waals surface area contributed by atoms with Crippen molar-refractivity contribution in [2.24, 2.45) is 0 Å². The molecule has 0 aliphatic carbocycles. The first-order valence-corrected chi connectivity index (χ1v) is 4.42. The second-order valence-electron chi connectivity index (χ2n) is 2.41. The maximum absolute atomic E-state index is 5.54. The van der Waals surface area contributed by atoms with Crippen LogP contribution in [0.2, 0.25) is 0 Å². The Kier molecular flexibility index (Phi) is 2.84. The first kappa shape index (κ1) is 8.49. The molecule has 0 unspecified atom stereocenters. The van der Waals surface area contributed by atoms with Crippen LogP contribution in [0.4, 0.5) is 5.13 Å². The summed E-state index contributed by atoms with van der Waals surface area (Å²) < 4.78 is 0. The highest BCUT2D eigenvalue weighted by molar-refractivity contribution is 7.15. The number of hydrogen-bond acceptors (Lipinski definition) is 4. The van der Waals surface area contributed by atoms with Gasteiger partial charge in [-0.2, -0.15) is 0 Å². The Hall–Kier alpha value is -0.610. The van der Waals surface area contributed by atoms with E-state index in [1.54, 1.807) is 11.3 Å². The second kappa shape index (κ2) is 3.69. The molecule has 11 heavy (non-hydrogen) atoms. The topological polar surface area (TPSA) is 50.9 Å².